The molecular formula is C25H24ClN3O5. The summed E-state index contributed by atoms with van der Waals surface area (Å²) in [5, 5.41) is 16.2. The van der Waals surface area contributed by atoms with E-state index in [1.54, 1.807) is 26.4 Å². The normalized spacial score (nSPS) is 15.4. The van der Waals surface area contributed by atoms with Gasteiger partial charge in [0.15, 0.2) is 11.5 Å². The SMILES string of the molecule is COc1ccc(C2=NN(C(=O)CCC(=O)O)C(c3cc4cccc(C)c4nc3Cl)C2)cc1OC. The van der Waals surface area contributed by atoms with Crippen LogP contribution < -0.4 is 9.47 Å². The van der Waals surface area contributed by atoms with Crippen LogP contribution in [-0.4, -0.2) is 46.9 Å². The van der Waals surface area contributed by atoms with Crippen molar-refractivity contribution in [2.75, 3.05) is 14.2 Å². The highest BCUT2D eigenvalue weighted by Gasteiger charge is 2.35. The molecule has 1 atom stereocenters. The number of fused-ring (bicyclic) bond motifs is 1. The number of hydrogen-bond donors (Lipinski definition) is 1. The number of carbonyl (C=O) groups excluding carboxylic acids is 1. The molecule has 1 N–H and O–H groups in total. The Labute approximate surface area is 201 Å². The minimum atomic E-state index is -1.05. The fourth-order valence-electron chi connectivity index (χ4n) is 4.08. The molecule has 1 aromatic heterocycles. The minimum absolute atomic E-state index is 0.174. The third-order valence-electron chi connectivity index (χ3n) is 5.82. The Balaban J connectivity index is 1.76. The fraction of sp³-hybridized carbons (Fsp3) is 0.280. The number of carboxylic acid groups (broad SMARTS) is 1. The van der Waals surface area contributed by atoms with Gasteiger partial charge in [0.05, 0.1) is 37.9 Å². The summed E-state index contributed by atoms with van der Waals surface area (Å²) in [7, 11) is 3.10. The van der Waals surface area contributed by atoms with Crippen molar-refractivity contribution < 1.29 is 24.2 Å². The van der Waals surface area contributed by atoms with E-state index in [1.165, 1.54) is 5.01 Å². The number of pyridine rings is 1. The molecule has 3 aromatic rings. The highest BCUT2D eigenvalue weighted by Crippen LogP contribution is 2.39. The van der Waals surface area contributed by atoms with Gasteiger partial charge in [0, 0.05) is 29.4 Å². The molecule has 1 unspecified atom stereocenters. The number of rotatable bonds is 7. The van der Waals surface area contributed by atoms with E-state index < -0.39 is 17.9 Å². The first-order valence-electron chi connectivity index (χ1n) is 10.7. The number of aromatic nitrogens is 1. The first-order chi connectivity index (χ1) is 16.3. The molecule has 1 aliphatic heterocycles. The van der Waals surface area contributed by atoms with E-state index in [0.717, 1.165) is 22.0 Å². The van der Waals surface area contributed by atoms with Crippen LogP contribution in [0.25, 0.3) is 10.9 Å². The van der Waals surface area contributed by atoms with Crippen LogP contribution in [-0.2, 0) is 9.59 Å². The van der Waals surface area contributed by atoms with E-state index >= 15 is 0 Å². The van der Waals surface area contributed by atoms with Crippen molar-refractivity contribution in [2.24, 2.45) is 5.10 Å². The summed E-state index contributed by atoms with van der Waals surface area (Å²) in [5.74, 6) is -0.332. The predicted octanol–water partition coefficient (Wildman–Crippen LogP) is 4.76. The summed E-state index contributed by atoms with van der Waals surface area (Å²) in [4.78, 5) is 28.6. The van der Waals surface area contributed by atoms with Gasteiger partial charge in [0.1, 0.15) is 5.15 Å². The number of carboxylic acids is 1. The molecule has 0 saturated carbocycles. The van der Waals surface area contributed by atoms with E-state index in [4.69, 9.17) is 26.2 Å². The van der Waals surface area contributed by atoms with Crippen LogP contribution in [0.1, 0.15) is 42.0 Å². The molecule has 0 saturated heterocycles. The van der Waals surface area contributed by atoms with E-state index in [1.807, 2.05) is 37.3 Å². The Morgan fingerprint density at radius 3 is 2.59 bits per heavy atom. The van der Waals surface area contributed by atoms with Gasteiger partial charge in [-0.25, -0.2) is 9.99 Å². The maximum Gasteiger partial charge on any atom is 0.303 e. The van der Waals surface area contributed by atoms with Gasteiger partial charge in [0.25, 0.3) is 0 Å². The molecule has 34 heavy (non-hydrogen) atoms. The van der Waals surface area contributed by atoms with Gasteiger partial charge in [-0.05, 0) is 36.8 Å². The Morgan fingerprint density at radius 1 is 1.12 bits per heavy atom. The van der Waals surface area contributed by atoms with Crippen molar-refractivity contribution >= 4 is 40.1 Å². The molecule has 0 fully saturated rings. The average Bonchev–Trinajstić information content (AvgIpc) is 3.27. The lowest BCUT2D eigenvalue weighted by Gasteiger charge is -2.23. The number of amides is 1. The lowest BCUT2D eigenvalue weighted by atomic mass is 9.97. The van der Waals surface area contributed by atoms with Gasteiger partial charge < -0.3 is 14.6 Å². The molecule has 0 spiro atoms. The number of methoxy groups -OCH3 is 2. The highest BCUT2D eigenvalue weighted by atomic mass is 35.5. The van der Waals surface area contributed by atoms with Gasteiger partial charge in [0.2, 0.25) is 5.91 Å². The van der Waals surface area contributed by atoms with Crippen LogP contribution in [0, 0.1) is 6.92 Å². The smallest absolute Gasteiger partial charge is 0.303 e. The minimum Gasteiger partial charge on any atom is -0.493 e. The Morgan fingerprint density at radius 2 is 1.88 bits per heavy atom. The molecule has 1 amide bonds. The Hall–Kier alpha value is -3.65. The number of aryl methyl sites for hydroxylation is 1. The molecule has 0 bridgehead atoms. The standard InChI is InChI=1S/C25H24ClN3O5/c1-14-5-4-6-16-11-17(25(26)27-24(14)16)19-13-18(28-29(19)22(30)9-10-23(31)32)15-7-8-20(33-2)21(12-15)34-3/h4-8,11-12,19H,9-10,13H2,1-3H3,(H,31,32). The monoisotopic (exact) mass is 481 g/mol. The largest absolute Gasteiger partial charge is 0.493 e. The molecular weight excluding hydrogens is 458 g/mol. The molecule has 0 aliphatic carbocycles. The van der Waals surface area contributed by atoms with Gasteiger partial charge in [-0.3, -0.25) is 9.59 Å². The zero-order valence-corrected chi connectivity index (χ0v) is 19.8. The van der Waals surface area contributed by atoms with Crippen LogP contribution in [0.3, 0.4) is 0 Å². The van der Waals surface area contributed by atoms with Gasteiger partial charge in [-0.2, -0.15) is 5.10 Å². The summed E-state index contributed by atoms with van der Waals surface area (Å²) >= 11 is 6.60. The van der Waals surface area contributed by atoms with Crippen LogP contribution in [0.2, 0.25) is 5.15 Å². The summed E-state index contributed by atoms with van der Waals surface area (Å²) in [6.45, 7) is 1.96. The molecule has 2 aromatic carbocycles. The third-order valence-corrected chi connectivity index (χ3v) is 6.13. The van der Waals surface area contributed by atoms with Gasteiger partial charge in [-0.15, -0.1) is 0 Å². The van der Waals surface area contributed by atoms with Gasteiger partial charge >= 0.3 is 5.97 Å². The van der Waals surface area contributed by atoms with Crippen molar-refractivity contribution in [1.82, 2.24) is 9.99 Å². The van der Waals surface area contributed by atoms with Crippen molar-refractivity contribution in [3.63, 3.8) is 0 Å². The first kappa shape index (κ1) is 23.5. The molecule has 176 valence electrons. The maximum absolute atomic E-state index is 13.0. The number of benzene rings is 2. The highest BCUT2D eigenvalue weighted by molar-refractivity contribution is 6.30. The third kappa shape index (κ3) is 4.54. The van der Waals surface area contributed by atoms with E-state index in [2.05, 4.69) is 10.1 Å². The maximum atomic E-state index is 13.0. The number of nitrogens with zero attached hydrogens (tertiary/aromatic N) is 3. The zero-order chi connectivity index (χ0) is 24.4. The lowest BCUT2D eigenvalue weighted by molar-refractivity contribution is -0.141. The number of aliphatic carboxylic acids is 1. The average molecular weight is 482 g/mol. The fourth-order valence-corrected chi connectivity index (χ4v) is 4.34. The number of hydrogen-bond acceptors (Lipinski definition) is 6. The molecule has 2 heterocycles. The van der Waals surface area contributed by atoms with Crippen molar-refractivity contribution in [3.05, 3.63) is 64.3 Å². The summed E-state index contributed by atoms with van der Waals surface area (Å²) < 4.78 is 10.7. The molecule has 4 rings (SSSR count). The lowest BCUT2D eigenvalue weighted by Crippen LogP contribution is -2.27. The summed E-state index contributed by atoms with van der Waals surface area (Å²) in [5.41, 5.74) is 3.85. The number of halogens is 1. The predicted molar refractivity (Wildman–Crippen MR) is 129 cm³/mol. The number of hydrazone groups is 1. The summed E-state index contributed by atoms with van der Waals surface area (Å²) in [6, 6.07) is 12.6. The molecule has 9 heteroatoms. The van der Waals surface area contributed by atoms with Crippen LogP contribution in [0.4, 0.5) is 0 Å². The zero-order valence-electron chi connectivity index (χ0n) is 19.0. The molecule has 1 aliphatic rings. The van der Waals surface area contributed by atoms with Crippen molar-refractivity contribution in [2.45, 2.75) is 32.2 Å². The van der Waals surface area contributed by atoms with Crippen molar-refractivity contribution in [3.8, 4) is 11.5 Å². The number of para-hydroxylation sites is 1. The van der Waals surface area contributed by atoms with Crippen LogP contribution in [0.5, 0.6) is 11.5 Å². The van der Waals surface area contributed by atoms with Crippen LogP contribution >= 0.6 is 11.6 Å². The molecule has 8 nitrogen and oxygen atoms in total. The van der Waals surface area contributed by atoms with Crippen LogP contribution in [0.15, 0.2) is 47.6 Å². The summed E-state index contributed by atoms with van der Waals surface area (Å²) in [6.07, 6.45) is -0.0779. The van der Waals surface area contributed by atoms with Crippen molar-refractivity contribution in [1.29, 1.82) is 0 Å². The number of carbonyl (C=O) groups is 2. The second-order valence-electron chi connectivity index (χ2n) is 7.98. The second kappa shape index (κ2) is 9.69. The number of ether oxygens (including phenoxy) is 2. The Kier molecular flexibility index (Phi) is 6.70. The first-order valence-corrected chi connectivity index (χ1v) is 11.1. The quantitative estimate of drug-likeness (QED) is 0.488. The van der Waals surface area contributed by atoms with E-state index in [0.29, 0.717) is 29.2 Å². The second-order valence-corrected chi connectivity index (χ2v) is 8.34. The van der Waals surface area contributed by atoms with E-state index in [-0.39, 0.29) is 18.0 Å². The Bertz CT molecular complexity index is 1310. The van der Waals surface area contributed by atoms with Gasteiger partial charge in [-0.1, -0.05) is 29.8 Å². The topological polar surface area (TPSA) is 101 Å². The van der Waals surface area contributed by atoms with E-state index in [9.17, 15) is 9.59 Å². The molecule has 0 radical (unpaired) electrons.